The number of amides is 1. The molecule has 0 unspecified atom stereocenters. The van der Waals surface area contributed by atoms with Gasteiger partial charge in [0, 0.05) is 12.2 Å². The first kappa shape index (κ1) is 23.1. The van der Waals surface area contributed by atoms with Gasteiger partial charge < -0.3 is 10.1 Å². The highest BCUT2D eigenvalue weighted by Gasteiger charge is 2.37. The predicted molar refractivity (Wildman–Crippen MR) is 137 cm³/mol. The number of anilines is 2. The van der Waals surface area contributed by atoms with E-state index in [9.17, 15) is 18.0 Å². The second-order valence-corrected chi connectivity index (χ2v) is 11.1. The Morgan fingerprint density at radius 1 is 1.11 bits per heavy atom. The highest BCUT2D eigenvalue weighted by Crippen LogP contribution is 2.38. The Kier molecular flexibility index (Phi) is 5.86. The van der Waals surface area contributed by atoms with Crippen LogP contribution in [0.4, 0.5) is 11.4 Å². The second-order valence-electron chi connectivity index (χ2n) is 8.21. The van der Waals surface area contributed by atoms with Gasteiger partial charge in [0.15, 0.2) is 6.10 Å². The molecule has 0 bridgehead atoms. The van der Waals surface area contributed by atoms with Gasteiger partial charge in [0.25, 0.3) is 15.9 Å². The summed E-state index contributed by atoms with van der Waals surface area (Å²) in [6.45, 7) is 4.15. The summed E-state index contributed by atoms with van der Waals surface area (Å²) < 4.78 is 36.6. The molecule has 0 saturated carbocycles. The third-order valence-electron chi connectivity index (χ3n) is 5.86. The zero-order chi connectivity index (χ0) is 24.7. The summed E-state index contributed by atoms with van der Waals surface area (Å²) >= 11 is 1.11. The van der Waals surface area contributed by atoms with Crippen molar-refractivity contribution in [3.05, 3.63) is 82.0 Å². The van der Waals surface area contributed by atoms with Crippen LogP contribution < -0.4 is 19.2 Å². The van der Waals surface area contributed by atoms with Crippen LogP contribution in [0.15, 0.2) is 76.4 Å². The predicted octanol–water partition coefficient (Wildman–Crippen LogP) is 3.99. The average molecular weight is 510 g/mol. The fourth-order valence-corrected chi connectivity index (χ4v) is 6.59. The molecule has 1 aromatic heterocycles. The first-order valence-electron chi connectivity index (χ1n) is 11.1. The molecule has 1 amide bonds. The van der Waals surface area contributed by atoms with E-state index in [4.69, 9.17) is 4.74 Å². The van der Waals surface area contributed by atoms with Gasteiger partial charge in [-0.1, -0.05) is 35.6 Å². The average Bonchev–Trinajstić information content (AvgIpc) is 3.17. The van der Waals surface area contributed by atoms with Crippen molar-refractivity contribution >= 4 is 48.9 Å². The lowest BCUT2D eigenvalue weighted by molar-refractivity contribution is -0.122. The maximum absolute atomic E-state index is 13.5. The van der Waals surface area contributed by atoms with Crippen LogP contribution in [0.3, 0.4) is 0 Å². The van der Waals surface area contributed by atoms with Gasteiger partial charge in [-0.05, 0) is 61.9 Å². The minimum absolute atomic E-state index is 0.0600. The Balaban J connectivity index is 1.47. The number of thiazole rings is 1. The van der Waals surface area contributed by atoms with Crippen LogP contribution in [0.1, 0.15) is 12.5 Å². The van der Waals surface area contributed by atoms with Crippen molar-refractivity contribution in [1.82, 2.24) is 4.57 Å². The number of rotatable bonds is 5. The molecule has 0 spiro atoms. The standard InChI is InChI=1S/C25H23N3O5S2/c1-3-27-19-11-10-17(14-23(19)34-25(27)30)26-24(29)22-15-28(20-13-16(2)9-12-21(20)33-22)35(31,32)18-7-5-4-6-8-18/h4-14,22H,3,15H2,1-2H3,(H,26,29)/t22-/m1/s1. The minimum Gasteiger partial charge on any atom is -0.476 e. The van der Waals surface area contributed by atoms with Gasteiger partial charge in [0.05, 0.1) is 27.3 Å². The fourth-order valence-electron chi connectivity index (χ4n) is 4.11. The number of benzene rings is 3. The molecule has 0 fully saturated rings. The SMILES string of the molecule is CCn1c(=O)sc2cc(NC(=O)[C@H]3CN(S(=O)(=O)c4ccccc4)c4cc(C)ccc4O3)ccc21. The largest absolute Gasteiger partial charge is 0.476 e. The highest BCUT2D eigenvalue weighted by atomic mass is 32.2. The van der Waals surface area contributed by atoms with E-state index in [0.717, 1.165) is 27.1 Å². The van der Waals surface area contributed by atoms with Gasteiger partial charge in [-0.25, -0.2) is 8.42 Å². The summed E-state index contributed by atoms with van der Waals surface area (Å²) in [6.07, 6.45) is -1.07. The van der Waals surface area contributed by atoms with Gasteiger partial charge in [-0.3, -0.25) is 18.5 Å². The van der Waals surface area contributed by atoms with Gasteiger partial charge >= 0.3 is 4.87 Å². The Hall–Kier alpha value is -3.63. The molecule has 0 aliphatic carbocycles. The van der Waals surface area contributed by atoms with Crippen LogP contribution in [-0.4, -0.2) is 31.5 Å². The monoisotopic (exact) mass is 509 g/mol. The fraction of sp³-hybridized carbons (Fsp3) is 0.200. The number of sulfonamides is 1. The first-order valence-corrected chi connectivity index (χ1v) is 13.3. The molecule has 180 valence electrons. The number of hydrogen-bond acceptors (Lipinski definition) is 6. The van der Waals surface area contributed by atoms with Crippen molar-refractivity contribution in [3.8, 4) is 5.75 Å². The Bertz CT molecular complexity index is 1590. The third-order valence-corrected chi connectivity index (χ3v) is 8.60. The van der Waals surface area contributed by atoms with Crippen LogP contribution >= 0.6 is 11.3 Å². The maximum atomic E-state index is 13.5. The quantitative estimate of drug-likeness (QED) is 0.439. The van der Waals surface area contributed by atoms with E-state index < -0.39 is 22.0 Å². The summed E-state index contributed by atoms with van der Waals surface area (Å²) in [5, 5.41) is 2.81. The van der Waals surface area contributed by atoms with Crippen molar-refractivity contribution in [3.63, 3.8) is 0 Å². The highest BCUT2D eigenvalue weighted by molar-refractivity contribution is 7.92. The number of hydrogen-bond donors (Lipinski definition) is 1. The van der Waals surface area contributed by atoms with Crippen LogP contribution in [-0.2, 0) is 21.4 Å². The van der Waals surface area contributed by atoms with Crippen molar-refractivity contribution in [2.75, 3.05) is 16.2 Å². The number of carbonyl (C=O) groups excluding carboxylic acids is 1. The Labute approximate surface area is 206 Å². The van der Waals surface area contributed by atoms with E-state index in [1.54, 1.807) is 59.2 Å². The lowest BCUT2D eigenvalue weighted by Crippen LogP contribution is -2.48. The molecular formula is C25H23N3O5S2. The molecule has 1 aliphatic rings. The number of carbonyl (C=O) groups is 1. The number of ether oxygens (including phenoxy) is 1. The van der Waals surface area contributed by atoms with Crippen molar-refractivity contribution in [2.24, 2.45) is 0 Å². The van der Waals surface area contributed by atoms with Crippen molar-refractivity contribution in [2.45, 2.75) is 31.4 Å². The second kappa shape index (κ2) is 8.86. The van der Waals surface area contributed by atoms with Gasteiger partial charge in [-0.2, -0.15) is 0 Å². The number of aromatic nitrogens is 1. The molecule has 1 N–H and O–H groups in total. The molecule has 2 heterocycles. The van der Waals surface area contributed by atoms with Gasteiger partial charge in [0.2, 0.25) is 0 Å². The smallest absolute Gasteiger partial charge is 0.308 e. The number of nitrogens with one attached hydrogen (secondary N) is 1. The zero-order valence-corrected chi connectivity index (χ0v) is 20.7. The number of aryl methyl sites for hydroxylation is 2. The maximum Gasteiger partial charge on any atom is 0.308 e. The molecule has 5 rings (SSSR count). The summed E-state index contributed by atoms with van der Waals surface area (Å²) in [5.41, 5.74) is 2.57. The molecule has 10 heteroatoms. The minimum atomic E-state index is -3.93. The van der Waals surface area contributed by atoms with Crippen LogP contribution in [0, 0.1) is 6.92 Å². The molecule has 35 heavy (non-hydrogen) atoms. The molecule has 3 aromatic carbocycles. The summed E-state index contributed by atoms with van der Waals surface area (Å²) in [4.78, 5) is 25.4. The zero-order valence-electron chi connectivity index (χ0n) is 19.1. The summed E-state index contributed by atoms with van der Waals surface area (Å²) in [7, 11) is -3.93. The van der Waals surface area contributed by atoms with Gasteiger partial charge in [0.1, 0.15) is 5.75 Å². The number of fused-ring (bicyclic) bond motifs is 2. The lowest BCUT2D eigenvalue weighted by Gasteiger charge is -2.35. The van der Waals surface area contributed by atoms with E-state index in [1.807, 2.05) is 13.8 Å². The molecule has 8 nitrogen and oxygen atoms in total. The molecule has 1 aliphatic heterocycles. The Morgan fingerprint density at radius 3 is 2.63 bits per heavy atom. The summed E-state index contributed by atoms with van der Waals surface area (Å²) in [6, 6.07) is 18.6. The van der Waals surface area contributed by atoms with Crippen molar-refractivity contribution in [1.29, 1.82) is 0 Å². The molecule has 0 radical (unpaired) electrons. The van der Waals surface area contributed by atoms with Crippen LogP contribution in [0.5, 0.6) is 5.75 Å². The Morgan fingerprint density at radius 2 is 1.89 bits per heavy atom. The lowest BCUT2D eigenvalue weighted by atomic mass is 10.1. The number of nitrogens with zero attached hydrogens (tertiary/aromatic N) is 2. The molecular weight excluding hydrogens is 486 g/mol. The molecule has 0 saturated heterocycles. The topological polar surface area (TPSA) is 97.7 Å². The van der Waals surface area contributed by atoms with E-state index >= 15 is 0 Å². The van der Waals surface area contributed by atoms with E-state index in [2.05, 4.69) is 5.32 Å². The van der Waals surface area contributed by atoms with Crippen molar-refractivity contribution < 1.29 is 17.9 Å². The van der Waals surface area contributed by atoms with Crippen LogP contribution in [0.25, 0.3) is 10.2 Å². The van der Waals surface area contributed by atoms with Crippen LogP contribution in [0.2, 0.25) is 0 Å². The van der Waals surface area contributed by atoms with E-state index in [-0.39, 0.29) is 16.3 Å². The van der Waals surface area contributed by atoms with Gasteiger partial charge in [-0.15, -0.1) is 0 Å². The summed E-state index contributed by atoms with van der Waals surface area (Å²) in [5.74, 6) is -0.165. The molecule has 1 atom stereocenters. The molecule has 4 aromatic rings. The first-order chi connectivity index (χ1) is 16.8. The normalized spacial score (nSPS) is 15.5. The van der Waals surface area contributed by atoms with E-state index in [0.29, 0.717) is 23.7 Å². The van der Waals surface area contributed by atoms with E-state index in [1.165, 1.54) is 16.4 Å². The third kappa shape index (κ3) is 4.19.